The van der Waals surface area contributed by atoms with Gasteiger partial charge in [-0.25, -0.2) is 0 Å². The summed E-state index contributed by atoms with van der Waals surface area (Å²) in [5.41, 5.74) is 0.893. The lowest BCUT2D eigenvalue weighted by Crippen LogP contribution is -2.47. The number of aliphatic hydroxyl groups is 1. The van der Waals surface area contributed by atoms with Gasteiger partial charge in [-0.1, -0.05) is 51.1 Å². The molecule has 3 heteroatoms. The molecule has 19 heavy (non-hydrogen) atoms. The van der Waals surface area contributed by atoms with Crippen LogP contribution in [0.1, 0.15) is 38.7 Å². The highest BCUT2D eigenvalue weighted by molar-refractivity contribution is 5.80. The van der Waals surface area contributed by atoms with Crippen LogP contribution in [-0.2, 0) is 4.79 Å². The van der Waals surface area contributed by atoms with Crippen LogP contribution in [0.25, 0.3) is 0 Å². The monoisotopic (exact) mass is 261 g/mol. The summed E-state index contributed by atoms with van der Waals surface area (Å²) in [7, 11) is 1.80. The van der Waals surface area contributed by atoms with Crippen molar-refractivity contribution >= 4 is 5.91 Å². The van der Waals surface area contributed by atoms with Crippen LogP contribution >= 0.6 is 0 Å². The van der Waals surface area contributed by atoms with Gasteiger partial charge in [-0.05, 0) is 11.0 Å². The minimum atomic E-state index is -0.533. The van der Waals surface area contributed by atoms with E-state index in [1.165, 1.54) is 0 Å². The standard InChI is InChI=1S/C16H23NO2/c1-16(2,3)15(19)14-12(10-13(18)17(14)4)11-8-6-5-7-9-11/h5-9,12,14-15,19H,10H2,1-4H3/t12-,14-,15-/m1/s1. The highest BCUT2D eigenvalue weighted by atomic mass is 16.3. The Morgan fingerprint density at radius 2 is 1.84 bits per heavy atom. The zero-order valence-electron chi connectivity index (χ0n) is 12.1. The van der Waals surface area contributed by atoms with Gasteiger partial charge < -0.3 is 10.0 Å². The first kappa shape index (κ1) is 14.1. The van der Waals surface area contributed by atoms with Crippen molar-refractivity contribution in [1.29, 1.82) is 0 Å². The molecule has 0 unspecified atom stereocenters. The molecule has 0 bridgehead atoms. The third-order valence-corrected chi connectivity index (χ3v) is 4.09. The van der Waals surface area contributed by atoms with Crippen molar-refractivity contribution < 1.29 is 9.90 Å². The van der Waals surface area contributed by atoms with Gasteiger partial charge in [-0.2, -0.15) is 0 Å². The fourth-order valence-corrected chi connectivity index (χ4v) is 2.85. The number of rotatable bonds is 2. The molecule has 0 saturated carbocycles. The first-order valence-corrected chi connectivity index (χ1v) is 6.81. The SMILES string of the molecule is CN1C(=O)C[C@H](c2ccccc2)[C@@H]1[C@@H](O)C(C)(C)C. The van der Waals surface area contributed by atoms with Crippen LogP contribution in [0.15, 0.2) is 30.3 Å². The quantitative estimate of drug-likeness (QED) is 0.888. The second-order valence-electron chi connectivity index (χ2n) is 6.53. The second-order valence-corrected chi connectivity index (χ2v) is 6.53. The molecule has 1 fully saturated rings. The Hall–Kier alpha value is -1.35. The molecule has 1 aromatic carbocycles. The van der Waals surface area contributed by atoms with Gasteiger partial charge in [0, 0.05) is 19.4 Å². The van der Waals surface area contributed by atoms with Crippen molar-refractivity contribution in [3.05, 3.63) is 35.9 Å². The molecule has 1 aliphatic rings. The molecule has 3 atom stereocenters. The minimum absolute atomic E-state index is 0.0768. The van der Waals surface area contributed by atoms with Crippen molar-refractivity contribution in [1.82, 2.24) is 4.90 Å². The van der Waals surface area contributed by atoms with Gasteiger partial charge in [-0.3, -0.25) is 4.79 Å². The zero-order chi connectivity index (χ0) is 14.2. The Morgan fingerprint density at radius 3 is 2.37 bits per heavy atom. The highest BCUT2D eigenvalue weighted by Crippen LogP contribution is 2.39. The molecule has 104 valence electrons. The molecule has 0 aliphatic carbocycles. The van der Waals surface area contributed by atoms with Crippen molar-refractivity contribution in [2.75, 3.05) is 7.05 Å². The summed E-state index contributed by atoms with van der Waals surface area (Å²) >= 11 is 0. The van der Waals surface area contributed by atoms with E-state index in [9.17, 15) is 9.90 Å². The number of likely N-dealkylation sites (tertiary alicyclic amines) is 1. The number of hydrogen-bond acceptors (Lipinski definition) is 2. The predicted molar refractivity (Wildman–Crippen MR) is 75.8 cm³/mol. The number of carbonyl (C=O) groups excluding carboxylic acids is 1. The van der Waals surface area contributed by atoms with E-state index in [4.69, 9.17) is 0 Å². The lowest BCUT2D eigenvalue weighted by Gasteiger charge is -2.37. The maximum Gasteiger partial charge on any atom is 0.223 e. The van der Waals surface area contributed by atoms with Crippen LogP contribution < -0.4 is 0 Å². The van der Waals surface area contributed by atoms with Gasteiger partial charge in [0.05, 0.1) is 12.1 Å². The summed E-state index contributed by atoms with van der Waals surface area (Å²) in [5.74, 6) is 0.190. The van der Waals surface area contributed by atoms with Crippen molar-refractivity contribution in [2.24, 2.45) is 5.41 Å². The molecule has 0 radical (unpaired) electrons. The lowest BCUT2D eigenvalue weighted by atomic mass is 9.78. The lowest BCUT2D eigenvalue weighted by molar-refractivity contribution is -0.130. The van der Waals surface area contributed by atoms with Gasteiger partial charge >= 0.3 is 0 Å². The molecule has 2 rings (SSSR count). The third-order valence-electron chi connectivity index (χ3n) is 4.09. The topological polar surface area (TPSA) is 40.5 Å². The molecular weight excluding hydrogens is 238 g/mol. The van der Waals surface area contributed by atoms with E-state index in [0.717, 1.165) is 5.56 Å². The van der Waals surface area contributed by atoms with Crippen LogP contribution in [-0.4, -0.2) is 35.1 Å². The summed E-state index contributed by atoms with van der Waals surface area (Å²) in [4.78, 5) is 13.7. The van der Waals surface area contributed by atoms with E-state index in [2.05, 4.69) is 0 Å². The van der Waals surface area contributed by atoms with Crippen LogP contribution in [0.2, 0.25) is 0 Å². The molecule has 1 aliphatic heterocycles. The number of likely N-dealkylation sites (N-methyl/N-ethyl adjacent to an activating group) is 1. The number of benzene rings is 1. The van der Waals surface area contributed by atoms with Crippen LogP contribution in [0.3, 0.4) is 0 Å². The van der Waals surface area contributed by atoms with E-state index in [-0.39, 0.29) is 23.3 Å². The van der Waals surface area contributed by atoms with Crippen molar-refractivity contribution in [3.63, 3.8) is 0 Å². The average Bonchev–Trinajstić information content (AvgIpc) is 2.65. The fourth-order valence-electron chi connectivity index (χ4n) is 2.85. The third kappa shape index (κ3) is 2.66. The zero-order valence-corrected chi connectivity index (χ0v) is 12.1. The Kier molecular flexibility index (Phi) is 3.68. The summed E-state index contributed by atoms with van der Waals surface area (Å²) < 4.78 is 0. The van der Waals surface area contributed by atoms with Gasteiger partial charge in [0.1, 0.15) is 0 Å². The predicted octanol–water partition coefficient (Wildman–Crippen LogP) is 2.41. The Morgan fingerprint density at radius 1 is 1.26 bits per heavy atom. The molecule has 1 aromatic rings. The van der Waals surface area contributed by atoms with Crippen molar-refractivity contribution in [3.8, 4) is 0 Å². The molecule has 0 aromatic heterocycles. The molecule has 1 heterocycles. The maximum atomic E-state index is 12.0. The second kappa shape index (κ2) is 4.97. The number of nitrogens with zero attached hydrogens (tertiary/aromatic N) is 1. The van der Waals surface area contributed by atoms with Gasteiger partial charge in [0.25, 0.3) is 0 Å². The molecule has 1 amide bonds. The van der Waals surface area contributed by atoms with E-state index in [1.807, 2.05) is 51.1 Å². The number of amides is 1. The highest BCUT2D eigenvalue weighted by Gasteiger charge is 2.45. The molecule has 1 saturated heterocycles. The Labute approximate surface area is 115 Å². The average molecular weight is 261 g/mol. The van der Waals surface area contributed by atoms with E-state index in [1.54, 1.807) is 11.9 Å². The first-order valence-electron chi connectivity index (χ1n) is 6.81. The fraction of sp³-hybridized carbons (Fsp3) is 0.562. The summed E-state index contributed by atoms with van der Waals surface area (Å²) in [6, 6.07) is 9.88. The Bertz CT molecular complexity index is 450. The van der Waals surface area contributed by atoms with Gasteiger partial charge in [0.15, 0.2) is 0 Å². The number of aliphatic hydroxyl groups excluding tert-OH is 1. The smallest absolute Gasteiger partial charge is 0.223 e. The first-order chi connectivity index (χ1) is 8.82. The molecule has 0 spiro atoms. The Balaban J connectivity index is 2.35. The van der Waals surface area contributed by atoms with Gasteiger partial charge in [-0.15, -0.1) is 0 Å². The minimum Gasteiger partial charge on any atom is -0.390 e. The summed E-state index contributed by atoms with van der Waals surface area (Å²) in [6.07, 6.45) is -0.0487. The number of carbonyl (C=O) groups is 1. The summed E-state index contributed by atoms with van der Waals surface area (Å²) in [5, 5.41) is 10.6. The van der Waals surface area contributed by atoms with Crippen LogP contribution in [0, 0.1) is 5.41 Å². The van der Waals surface area contributed by atoms with Crippen LogP contribution in [0.4, 0.5) is 0 Å². The van der Waals surface area contributed by atoms with Crippen LogP contribution in [0.5, 0.6) is 0 Å². The normalized spacial score (nSPS) is 25.7. The summed E-state index contributed by atoms with van der Waals surface area (Å²) in [6.45, 7) is 6.03. The molecule has 1 N–H and O–H groups in total. The largest absolute Gasteiger partial charge is 0.390 e. The van der Waals surface area contributed by atoms with E-state index < -0.39 is 6.10 Å². The maximum absolute atomic E-state index is 12.0. The molecular formula is C16H23NO2. The van der Waals surface area contributed by atoms with E-state index in [0.29, 0.717) is 6.42 Å². The van der Waals surface area contributed by atoms with Gasteiger partial charge in [0.2, 0.25) is 5.91 Å². The molecule has 3 nitrogen and oxygen atoms in total. The van der Waals surface area contributed by atoms with Crippen molar-refractivity contribution in [2.45, 2.75) is 45.3 Å². The number of hydrogen-bond donors (Lipinski definition) is 1. The van der Waals surface area contributed by atoms with E-state index >= 15 is 0 Å².